The lowest BCUT2D eigenvalue weighted by Gasteiger charge is -2.21. The summed E-state index contributed by atoms with van der Waals surface area (Å²) in [6.07, 6.45) is 91.7. The van der Waals surface area contributed by atoms with Crippen LogP contribution in [0.3, 0.4) is 0 Å². The van der Waals surface area contributed by atoms with Crippen molar-refractivity contribution in [3.05, 3.63) is 146 Å². The van der Waals surface area contributed by atoms with Crippen LogP contribution in [0, 0.1) is 0 Å². The molecular weight excluding hydrogens is 1310 g/mol. The van der Waals surface area contributed by atoms with Gasteiger partial charge in [-0.05, 0) is 148 Å². The average molecular weight is 1460 g/mol. The van der Waals surface area contributed by atoms with Gasteiger partial charge in [0.05, 0.1) is 26.4 Å². The monoisotopic (exact) mass is 1450 g/mol. The summed E-state index contributed by atoms with van der Waals surface area (Å²) in [6, 6.07) is 0. The van der Waals surface area contributed by atoms with Crippen molar-refractivity contribution >= 4 is 33.6 Å². The molecule has 0 aliphatic carbocycles. The Balaban J connectivity index is 4.65. The van der Waals surface area contributed by atoms with Crippen LogP contribution >= 0.6 is 15.6 Å². The van der Waals surface area contributed by atoms with E-state index < -0.39 is 91.5 Å². The molecule has 0 aliphatic rings. The fourth-order valence-electron chi connectivity index (χ4n) is 10.1. The van der Waals surface area contributed by atoms with Gasteiger partial charge >= 0.3 is 33.6 Å². The van der Waals surface area contributed by atoms with E-state index in [0.717, 1.165) is 154 Å². The molecule has 0 fully saturated rings. The minimum atomic E-state index is -4.95. The molecule has 101 heavy (non-hydrogen) atoms. The quantitative estimate of drug-likeness (QED) is 0.0146. The SMILES string of the molecule is CC/C=C\C/C=C\C/C=C\C/C=C\C/C=C\CCCCCC(=O)OCC(COP(=O)(O)OCC(O)COP(=O)(O)OCC(O)COC(=O)CCCCCCCCCCCCC/C=C\C/C=C\C/C=C\C/C=C\CCCCC)OC(=O)CCCCCCCC/C=C\C/C=C\C/C=C\CCCCC. The van der Waals surface area contributed by atoms with Gasteiger partial charge in [-0.15, -0.1) is 0 Å². The van der Waals surface area contributed by atoms with E-state index in [4.69, 9.17) is 32.3 Å². The van der Waals surface area contributed by atoms with E-state index in [9.17, 15) is 43.5 Å². The Morgan fingerprint density at radius 3 is 0.842 bits per heavy atom. The Bertz CT molecular complexity index is 2420. The first-order valence-corrected chi connectivity index (χ1v) is 42.1. The molecule has 4 N–H and O–H groups in total. The molecular formula is C83H140O16P2. The Labute approximate surface area is 613 Å². The van der Waals surface area contributed by atoms with Crippen LogP contribution in [0.25, 0.3) is 0 Å². The Morgan fingerprint density at radius 2 is 0.525 bits per heavy atom. The molecule has 5 unspecified atom stereocenters. The molecule has 0 saturated heterocycles. The standard InChI is InChI=1S/C83H140O16P2/c1-4-7-10-13-16-19-22-25-28-31-34-35-36-37-38-39-40-41-44-46-48-51-54-57-60-63-66-69-81(86)93-72-78(84)73-95-100(89,90)96-74-79(85)75-97-101(91,92)98-77-80(99-83(88)71-68-65-62-59-56-53-50-47-43-33-30-27-24-21-18-15-12-9-6-3)76-94-82(87)70-67-64-61-58-55-52-49-45-42-32-29-26-23-20-17-14-11-8-5-2/h8,11,16-21,25-30,34-35,37-38,42-43,45,47,52,55,78-80,84-85H,4-7,9-10,12-15,22-24,31-33,36,39-41,44,46,48-51,53-54,56-77H2,1-3H3,(H,89,90)(H,91,92)/b11-8-,19-16-,20-17-,21-18-,28-25-,29-26-,30-27-,35-34-,38-37-,45-42-,47-43-,55-52-. The molecule has 0 aliphatic heterocycles. The molecule has 0 rings (SSSR count). The fourth-order valence-corrected chi connectivity index (χ4v) is 11.6. The van der Waals surface area contributed by atoms with E-state index in [-0.39, 0.29) is 19.3 Å². The van der Waals surface area contributed by atoms with Gasteiger partial charge in [-0.25, -0.2) is 9.13 Å². The van der Waals surface area contributed by atoms with Crippen LogP contribution in [-0.4, -0.2) is 95.9 Å². The van der Waals surface area contributed by atoms with Gasteiger partial charge in [0.2, 0.25) is 0 Å². The van der Waals surface area contributed by atoms with Gasteiger partial charge < -0.3 is 34.2 Å². The molecule has 16 nitrogen and oxygen atoms in total. The predicted octanol–water partition coefficient (Wildman–Crippen LogP) is 22.9. The zero-order valence-electron chi connectivity index (χ0n) is 63.0. The fraction of sp³-hybridized carbons (Fsp3) is 0.675. The number of aliphatic hydroxyl groups excluding tert-OH is 2. The van der Waals surface area contributed by atoms with Gasteiger partial charge in [0.25, 0.3) is 0 Å². The smallest absolute Gasteiger partial charge is 0.463 e. The largest absolute Gasteiger partial charge is 0.472 e. The zero-order chi connectivity index (χ0) is 73.7. The number of hydrogen-bond donors (Lipinski definition) is 4. The lowest BCUT2D eigenvalue weighted by Crippen LogP contribution is -2.30. The molecule has 0 aromatic carbocycles. The van der Waals surface area contributed by atoms with Crippen LogP contribution in [0.1, 0.15) is 303 Å². The number of unbranched alkanes of at least 4 members (excludes halogenated alkanes) is 26. The van der Waals surface area contributed by atoms with Crippen molar-refractivity contribution < 1.29 is 75.8 Å². The van der Waals surface area contributed by atoms with E-state index in [1.54, 1.807) is 0 Å². The summed E-state index contributed by atoms with van der Waals surface area (Å²) in [5.41, 5.74) is 0. The van der Waals surface area contributed by atoms with Crippen LogP contribution in [0.4, 0.5) is 0 Å². The van der Waals surface area contributed by atoms with Gasteiger partial charge in [0, 0.05) is 19.3 Å². The summed E-state index contributed by atoms with van der Waals surface area (Å²) in [7, 11) is -9.81. The molecule has 578 valence electrons. The maximum atomic E-state index is 13.0. The van der Waals surface area contributed by atoms with Crippen LogP contribution in [-0.2, 0) is 55.8 Å². The average Bonchev–Trinajstić information content (AvgIpc) is 1.17. The van der Waals surface area contributed by atoms with Crippen LogP contribution in [0.5, 0.6) is 0 Å². The molecule has 0 amide bonds. The number of carbonyl (C=O) groups is 3. The van der Waals surface area contributed by atoms with Crippen molar-refractivity contribution in [2.24, 2.45) is 0 Å². The first-order valence-electron chi connectivity index (χ1n) is 39.1. The van der Waals surface area contributed by atoms with Crippen molar-refractivity contribution in [1.29, 1.82) is 0 Å². The number of carbonyl (C=O) groups excluding carboxylic acids is 3. The molecule has 0 spiro atoms. The van der Waals surface area contributed by atoms with Gasteiger partial charge in [-0.1, -0.05) is 282 Å². The highest BCUT2D eigenvalue weighted by atomic mass is 31.2. The Hall–Kier alpha value is -4.57. The highest BCUT2D eigenvalue weighted by molar-refractivity contribution is 7.47. The molecule has 0 radical (unpaired) electrons. The number of hydrogen-bond acceptors (Lipinski definition) is 14. The Kier molecular flexibility index (Phi) is 71.7. The predicted molar refractivity (Wildman–Crippen MR) is 417 cm³/mol. The molecule has 0 bridgehead atoms. The third kappa shape index (κ3) is 76.4. The summed E-state index contributed by atoms with van der Waals surface area (Å²) in [6.45, 7) is 2.45. The normalized spacial score (nSPS) is 14.8. The topological polar surface area (TPSA) is 231 Å². The first kappa shape index (κ1) is 96.4. The van der Waals surface area contributed by atoms with Crippen LogP contribution < -0.4 is 0 Å². The molecule has 0 saturated carbocycles. The molecule has 0 aromatic rings. The minimum absolute atomic E-state index is 0.0779. The second-order valence-electron chi connectivity index (χ2n) is 25.8. The summed E-state index contributed by atoms with van der Waals surface area (Å²) < 4.78 is 61.1. The molecule has 5 atom stereocenters. The number of aliphatic hydroxyl groups is 2. The second kappa shape index (κ2) is 75.1. The maximum Gasteiger partial charge on any atom is 0.472 e. The number of esters is 3. The maximum absolute atomic E-state index is 13.0. The van der Waals surface area contributed by atoms with E-state index in [0.29, 0.717) is 19.3 Å². The van der Waals surface area contributed by atoms with E-state index in [1.165, 1.54) is 89.9 Å². The molecule has 0 heterocycles. The van der Waals surface area contributed by atoms with Crippen LogP contribution in [0.15, 0.2) is 146 Å². The third-order valence-electron chi connectivity index (χ3n) is 16.0. The van der Waals surface area contributed by atoms with Crippen molar-refractivity contribution in [2.45, 2.75) is 322 Å². The van der Waals surface area contributed by atoms with Gasteiger partial charge in [0.15, 0.2) is 6.10 Å². The van der Waals surface area contributed by atoms with Crippen molar-refractivity contribution in [3.8, 4) is 0 Å². The van der Waals surface area contributed by atoms with Gasteiger partial charge in [-0.2, -0.15) is 0 Å². The summed E-state index contributed by atoms with van der Waals surface area (Å²) in [5.74, 6) is -1.63. The first-order chi connectivity index (χ1) is 49.2. The van der Waals surface area contributed by atoms with Gasteiger partial charge in [-0.3, -0.25) is 32.5 Å². The molecule has 18 heteroatoms. The lowest BCUT2D eigenvalue weighted by atomic mass is 10.0. The van der Waals surface area contributed by atoms with Crippen molar-refractivity contribution in [2.75, 3.05) is 39.6 Å². The third-order valence-corrected chi connectivity index (χ3v) is 17.9. The number of ether oxygens (including phenoxy) is 3. The minimum Gasteiger partial charge on any atom is -0.463 e. The zero-order valence-corrected chi connectivity index (χ0v) is 64.8. The lowest BCUT2D eigenvalue weighted by molar-refractivity contribution is -0.161. The van der Waals surface area contributed by atoms with E-state index in [1.807, 2.05) is 0 Å². The number of phosphoric ester groups is 2. The van der Waals surface area contributed by atoms with E-state index in [2.05, 4.69) is 167 Å². The summed E-state index contributed by atoms with van der Waals surface area (Å²) in [5, 5.41) is 20.6. The number of phosphoric acid groups is 2. The number of rotatable bonds is 73. The van der Waals surface area contributed by atoms with Crippen LogP contribution in [0.2, 0.25) is 0 Å². The van der Waals surface area contributed by atoms with Crippen molar-refractivity contribution in [3.63, 3.8) is 0 Å². The van der Waals surface area contributed by atoms with Crippen molar-refractivity contribution in [1.82, 2.24) is 0 Å². The highest BCUT2D eigenvalue weighted by Crippen LogP contribution is 2.45. The summed E-state index contributed by atoms with van der Waals surface area (Å²) in [4.78, 5) is 58.7. The summed E-state index contributed by atoms with van der Waals surface area (Å²) >= 11 is 0. The second-order valence-corrected chi connectivity index (χ2v) is 28.7. The Morgan fingerprint density at radius 1 is 0.287 bits per heavy atom. The molecule has 0 aromatic heterocycles. The van der Waals surface area contributed by atoms with Gasteiger partial charge in [0.1, 0.15) is 25.4 Å². The van der Waals surface area contributed by atoms with E-state index >= 15 is 0 Å². The highest BCUT2D eigenvalue weighted by Gasteiger charge is 2.29. The number of allylic oxidation sites excluding steroid dienone is 24.